The summed E-state index contributed by atoms with van der Waals surface area (Å²) in [5.41, 5.74) is 5.73. The van der Waals surface area contributed by atoms with Gasteiger partial charge in [0, 0.05) is 23.3 Å². The number of ether oxygens (including phenoxy) is 2. The van der Waals surface area contributed by atoms with Crippen molar-refractivity contribution in [1.82, 2.24) is 0 Å². The first-order valence-corrected chi connectivity index (χ1v) is 6.55. The van der Waals surface area contributed by atoms with Crippen LogP contribution in [0.15, 0.2) is 11.8 Å². The van der Waals surface area contributed by atoms with E-state index in [4.69, 9.17) is 15.2 Å². The number of thioether (sulfide) groups is 1. The molecule has 6 heteroatoms. The number of esters is 2. The summed E-state index contributed by atoms with van der Waals surface area (Å²) in [6.07, 6.45) is 1.62. The molecule has 0 aliphatic heterocycles. The number of rotatable bonds is 8. The van der Waals surface area contributed by atoms with Crippen LogP contribution in [-0.4, -0.2) is 36.7 Å². The minimum Gasteiger partial charge on any atom is -0.466 e. The normalized spacial score (nSPS) is 11.1. The number of carbonyl (C=O) groups is 2. The number of nitrogens with two attached hydrogens (primary N) is 1. The van der Waals surface area contributed by atoms with Crippen LogP contribution in [0.25, 0.3) is 0 Å². The molecule has 0 saturated carbocycles. The van der Waals surface area contributed by atoms with Gasteiger partial charge in [-0.2, -0.15) is 11.8 Å². The van der Waals surface area contributed by atoms with Gasteiger partial charge in [-0.25, -0.2) is 4.79 Å². The fourth-order valence-corrected chi connectivity index (χ4v) is 1.64. The van der Waals surface area contributed by atoms with Crippen LogP contribution >= 0.6 is 11.8 Å². The van der Waals surface area contributed by atoms with Crippen molar-refractivity contribution in [2.75, 3.05) is 24.7 Å². The van der Waals surface area contributed by atoms with Gasteiger partial charge in [0.1, 0.15) is 6.61 Å². The molecule has 0 bridgehead atoms. The fourth-order valence-electron chi connectivity index (χ4n) is 0.919. The topological polar surface area (TPSA) is 78.6 Å². The second-order valence-electron chi connectivity index (χ2n) is 3.22. The standard InChI is InChI=1S/C11H19NO4S/c1-3-15-10(13)4-6-17-7-5-16-11(14)8-9(2)12/h8H,3-7,12H2,1-2H3/b9-8-. The number of carbonyl (C=O) groups excluding carboxylic acids is 2. The molecule has 0 radical (unpaired) electrons. The lowest BCUT2D eigenvalue weighted by atomic mass is 10.4. The van der Waals surface area contributed by atoms with Crippen molar-refractivity contribution in [1.29, 1.82) is 0 Å². The van der Waals surface area contributed by atoms with Crippen LogP contribution in [0.2, 0.25) is 0 Å². The van der Waals surface area contributed by atoms with E-state index in [1.54, 1.807) is 13.8 Å². The molecule has 5 nitrogen and oxygen atoms in total. The van der Waals surface area contributed by atoms with E-state index in [0.29, 0.717) is 36.8 Å². The van der Waals surface area contributed by atoms with E-state index in [0.717, 1.165) is 0 Å². The van der Waals surface area contributed by atoms with E-state index in [1.807, 2.05) is 0 Å². The van der Waals surface area contributed by atoms with E-state index in [1.165, 1.54) is 17.8 Å². The molecule has 2 N–H and O–H groups in total. The summed E-state index contributed by atoms with van der Waals surface area (Å²) in [6.45, 7) is 4.12. The lowest BCUT2D eigenvalue weighted by Crippen LogP contribution is -2.08. The van der Waals surface area contributed by atoms with E-state index in [2.05, 4.69) is 0 Å². The third kappa shape index (κ3) is 11.1. The first-order chi connectivity index (χ1) is 8.06. The molecule has 0 atom stereocenters. The summed E-state index contributed by atoms with van der Waals surface area (Å²) in [5.74, 6) is 0.694. The van der Waals surface area contributed by atoms with Gasteiger partial charge in [-0.3, -0.25) is 4.79 Å². The molecular weight excluding hydrogens is 242 g/mol. The largest absolute Gasteiger partial charge is 0.466 e. The maximum absolute atomic E-state index is 11.0. The van der Waals surface area contributed by atoms with Crippen molar-refractivity contribution in [3.63, 3.8) is 0 Å². The second-order valence-corrected chi connectivity index (χ2v) is 4.45. The van der Waals surface area contributed by atoms with Crippen molar-refractivity contribution >= 4 is 23.7 Å². The minimum atomic E-state index is -0.434. The first-order valence-electron chi connectivity index (χ1n) is 5.40. The Morgan fingerprint density at radius 2 is 2.00 bits per heavy atom. The molecule has 0 aromatic heterocycles. The van der Waals surface area contributed by atoms with Gasteiger partial charge in [-0.1, -0.05) is 0 Å². The SMILES string of the molecule is CCOC(=O)CCSCCOC(=O)/C=C(/C)N. The monoisotopic (exact) mass is 261 g/mol. The number of hydrogen-bond donors (Lipinski definition) is 1. The van der Waals surface area contributed by atoms with Crippen molar-refractivity contribution in [2.45, 2.75) is 20.3 Å². The predicted octanol–water partition coefficient (Wildman–Crippen LogP) is 1.08. The van der Waals surface area contributed by atoms with Gasteiger partial charge in [0.15, 0.2) is 0 Å². The first kappa shape index (κ1) is 15.8. The molecule has 0 aliphatic rings. The molecular formula is C11H19NO4S. The van der Waals surface area contributed by atoms with Crippen LogP contribution in [0.3, 0.4) is 0 Å². The highest BCUT2D eigenvalue weighted by molar-refractivity contribution is 7.99. The molecule has 0 aromatic rings. The number of allylic oxidation sites excluding steroid dienone is 1. The zero-order valence-electron chi connectivity index (χ0n) is 10.2. The molecule has 0 aliphatic carbocycles. The Hall–Kier alpha value is -1.17. The Morgan fingerprint density at radius 3 is 2.59 bits per heavy atom. The highest BCUT2D eigenvalue weighted by Crippen LogP contribution is 2.03. The van der Waals surface area contributed by atoms with Crippen molar-refractivity contribution in [2.24, 2.45) is 5.73 Å². The fraction of sp³-hybridized carbons (Fsp3) is 0.636. The average Bonchev–Trinajstić information content (AvgIpc) is 2.22. The van der Waals surface area contributed by atoms with E-state index in [9.17, 15) is 9.59 Å². The molecule has 0 aromatic carbocycles. The zero-order chi connectivity index (χ0) is 13.1. The van der Waals surface area contributed by atoms with Crippen LogP contribution in [-0.2, 0) is 19.1 Å². The molecule has 0 saturated heterocycles. The summed E-state index contributed by atoms with van der Waals surface area (Å²) < 4.78 is 9.65. The van der Waals surface area contributed by atoms with Gasteiger partial charge in [0.2, 0.25) is 0 Å². The van der Waals surface area contributed by atoms with E-state index >= 15 is 0 Å². The van der Waals surface area contributed by atoms with E-state index in [-0.39, 0.29) is 5.97 Å². The zero-order valence-corrected chi connectivity index (χ0v) is 11.0. The molecule has 0 spiro atoms. The number of hydrogen-bond acceptors (Lipinski definition) is 6. The highest BCUT2D eigenvalue weighted by atomic mass is 32.2. The van der Waals surface area contributed by atoms with Crippen LogP contribution < -0.4 is 5.73 Å². The van der Waals surface area contributed by atoms with Crippen molar-refractivity contribution in [3.05, 3.63) is 11.8 Å². The predicted molar refractivity (Wildman–Crippen MR) is 67.5 cm³/mol. The minimum absolute atomic E-state index is 0.196. The average molecular weight is 261 g/mol. The lowest BCUT2D eigenvalue weighted by molar-refractivity contribution is -0.142. The maximum atomic E-state index is 11.0. The second kappa shape index (κ2) is 10.0. The van der Waals surface area contributed by atoms with Crippen LogP contribution in [0, 0.1) is 0 Å². The third-order valence-electron chi connectivity index (χ3n) is 1.57. The van der Waals surface area contributed by atoms with Crippen molar-refractivity contribution in [3.8, 4) is 0 Å². The Kier molecular flexibility index (Phi) is 9.33. The molecule has 0 unspecified atom stereocenters. The molecule has 98 valence electrons. The van der Waals surface area contributed by atoms with Crippen molar-refractivity contribution < 1.29 is 19.1 Å². The molecule has 0 fully saturated rings. The van der Waals surface area contributed by atoms with Gasteiger partial charge in [-0.05, 0) is 13.8 Å². The van der Waals surface area contributed by atoms with E-state index < -0.39 is 5.97 Å². The summed E-state index contributed by atoms with van der Waals surface area (Å²) in [5, 5.41) is 0. The Labute approximate surface area is 106 Å². The molecule has 0 amide bonds. The van der Waals surface area contributed by atoms with Crippen LogP contribution in [0.4, 0.5) is 0 Å². The highest BCUT2D eigenvalue weighted by Gasteiger charge is 2.02. The summed E-state index contributed by atoms with van der Waals surface area (Å²) in [4.78, 5) is 22.0. The Bertz CT molecular complexity index is 275. The summed E-state index contributed by atoms with van der Waals surface area (Å²) in [6, 6.07) is 0. The lowest BCUT2D eigenvalue weighted by Gasteiger charge is -2.03. The van der Waals surface area contributed by atoms with Crippen LogP contribution in [0.1, 0.15) is 20.3 Å². The maximum Gasteiger partial charge on any atom is 0.332 e. The van der Waals surface area contributed by atoms with Gasteiger partial charge >= 0.3 is 11.9 Å². The summed E-state index contributed by atoms with van der Waals surface area (Å²) >= 11 is 1.54. The van der Waals surface area contributed by atoms with Gasteiger partial charge < -0.3 is 15.2 Å². The smallest absolute Gasteiger partial charge is 0.332 e. The van der Waals surface area contributed by atoms with Gasteiger partial charge in [0.05, 0.1) is 13.0 Å². The van der Waals surface area contributed by atoms with Gasteiger partial charge in [-0.15, -0.1) is 0 Å². The third-order valence-corrected chi connectivity index (χ3v) is 2.52. The molecule has 0 rings (SSSR count). The van der Waals surface area contributed by atoms with Gasteiger partial charge in [0.25, 0.3) is 0 Å². The van der Waals surface area contributed by atoms with Crippen LogP contribution in [0.5, 0.6) is 0 Å². The molecule has 0 heterocycles. The Morgan fingerprint density at radius 1 is 1.29 bits per heavy atom. The molecule has 17 heavy (non-hydrogen) atoms. The summed E-state index contributed by atoms with van der Waals surface area (Å²) in [7, 11) is 0. The Balaban J connectivity index is 3.38. The quantitative estimate of drug-likeness (QED) is 0.400.